The minimum absolute atomic E-state index is 0. The quantitative estimate of drug-likeness (QED) is 0.331. The molecule has 0 unspecified atom stereocenters. The first kappa shape index (κ1) is 19.7. The Balaban J connectivity index is 0.00000242. The summed E-state index contributed by atoms with van der Waals surface area (Å²) < 4.78 is 0. The Morgan fingerprint density at radius 3 is 2.77 bits per heavy atom. The van der Waals surface area contributed by atoms with Crippen LogP contribution < -0.4 is 5.32 Å². The lowest BCUT2D eigenvalue weighted by atomic mass is 10.00. The number of aryl methyl sites for hydroxylation is 2. The van der Waals surface area contributed by atoms with Crippen molar-refractivity contribution in [2.75, 3.05) is 26.2 Å². The van der Waals surface area contributed by atoms with Crippen LogP contribution in [-0.4, -0.2) is 42.0 Å². The van der Waals surface area contributed by atoms with Crippen LogP contribution in [0, 0.1) is 12.8 Å². The molecule has 2 heterocycles. The fourth-order valence-electron chi connectivity index (χ4n) is 2.58. The fourth-order valence-corrected chi connectivity index (χ4v) is 3.40. The van der Waals surface area contributed by atoms with Gasteiger partial charge in [0, 0.05) is 43.7 Å². The van der Waals surface area contributed by atoms with Crippen molar-refractivity contribution in [2.45, 2.75) is 46.5 Å². The number of halogens is 1. The molecule has 126 valence electrons. The number of hydrogen-bond donors (Lipinski definition) is 1. The molecule has 4 nitrogen and oxygen atoms in total. The molecule has 0 aliphatic carbocycles. The lowest BCUT2D eigenvalue weighted by Gasteiger charge is -2.33. The molecule has 0 bridgehead atoms. The van der Waals surface area contributed by atoms with Crippen molar-refractivity contribution in [3.05, 3.63) is 16.1 Å². The molecule has 22 heavy (non-hydrogen) atoms. The van der Waals surface area contributed by atoms with Crippen molar-refractivity contribution in [1.82, 2.24) is 15.2 Å². The molecule has 0 radical (unpaired) electrons. The Bertz CT molecular complexity index is 453. The summed E-state index contributed by atoms with van der Waals surface area (Å²) in [7, 11) is 0. The van der Waals surface area contributed by atoms with Gasteiger partial charge in [0.05, 0.1) is 5.01 Å². The van der Waals surface area contributed by atoms with Crippen LogP contribution in [0.5, 0.6) is 0 Å². The SMILES string of the molecule is CCNC(=NCCCc1nc(C)cs1)N1CCC(C)CC1.I. The molecule has 1 aliphatic heterocycles. The van der Waals surface area contributed by atoms with Gasteiger partial charge in [-0.1, -0.05) is 6.92 Å². The molecule has 0 amide bonds. The number of rotatable bonds is 5. The minimum atomic E-state index is 0. The average Bonchev–Trinajstić information content (AvgIpc) is 2.89. The highest BCUT2D eigenvalue weighted by Gasteiger charge is 2.18. The van der Waals surface area contributed by atoms with Gasteiger partial charge in [-0.05, 0) is 39.0 Å². The van der Waals surface area contributed by atoms with E-state index in [1.807, 2.05) is 0 Å². The van der Waals surface area contributed by atoms with Crippen LogP contribution >= 0.6 is 35.3 Å². The Hall–Kier alpha value is -0.370. The van der Waals surface area contributed by atoms with E-state index in [1.54, 1.807) is 11.3 Å². The van der Waals surface area contributed by atoms with Crippen LogP contribution in [0.1, 0.15) is 43.8 Å². The first-order valence-corrected chi connectivity index (χ1v) is 9.01. The van der Waals surface area contributed by atoms with Crippen molar-refractivity contribution in [3.63, 3.8) is 0 Å². The molecule has 0 saturated carbocycles. The van der Waals surface area contributed by atoms with E-state index in [4.69, 9.17) is 4.99 Å². The van der Waals surface area contributed by atoms with E-state index in [1.165, 1.54) is 17.8 Å². The molecular weight excluding hydrogens is 407 g/mol. The highest BCUT2D eigenvalue weighted by Crippen LogP contribution is 2.16. The summed E-state index contributed by atoms with van der Waals surface area (Å²) >= 11 is 1.76. The summed E-state index contributed by atoms with van der Waals surface area (Å²) in [6, 6.07) is 0. The summed E-state index contributed by atoms with van der Waals surface area (Å²) in [4.78, 5) is 11.7. The number of piperidine rings is 1. The molecule has 0 spiro atoms. The zero-order chi connectivity index (χ0) is 15.1. The van der Waals surface area contributed by atoms with Gasteiger partial charge >= 0.3 is 0 Å². The maximum absolute atomic E-state index is 4.79. The predicted octanol–water partition coefficient (Wildman–Crippen LogP) is 3.70. The summed E-state index contributed by atoms with van der Waals surface area (Å²) in [5.41, 5.74) is 1.13. The molecule has 1 aromatic heterocycles. The van der Waals surface area contributed by atoms with Gasteiger partial charge in [0.25, 0.3) is 0 Å². The largest absolute Gasteiger partial charge is 0.357 e. The summed E-state index contributed by atoms with van der Waals surface area (Å²) in [6.07, 6.45) is 4.68. The molecule has 6 heteroatoms. The fraction of sp³-hybridized carbons (Fsp3) is 0.750. The second-order valence-corrected chi connectivity index (χ2v) is 6.83. The molecule has 0 atom stereocenters. The van der Waals surface area contributed by atoms with E-state index >= 15 is 0 Å². The van der Waals surface area contributed by atoms with Crippen LogP contribution in [0.4, 0.5) is 0 Å². The van der Waals surface area contributed by atoms with Crippen molar-refractivity contribution < 1.29 is 0 Å². The lowest BCUT2D eigenvalue weighted by molar-refractivity contribution is 0.273. The zero-order valence-corrected chi connectivity index (χ0v) is 17.1. The van der Waals surface area contributed by atoms with Crippen LogP contribution in [0.15, 0.2) is 10.4 Å². The molecule has 1 saturated heterocycles. The normalized spacial score (nSPS) is 16.5. The van der Waals surface area contributed by atoms with Crippen LogP contribution in [0.25, 0.3) is 0 Å². The Morgan fingerprint density at radius 1 is 1.45 bits per heavy atom. The third-order valence-electron chi connectivity index (χ3n) is 3.89. The average molecular weight is 436 g/mol. The van der Waals surface area contributed by atoms with Crippen LogP contribution in [0.2, 0.25) is 0 Å². The molecule has 1 N–H and O–H groups in total. The van der Waals surface area contributed by atoms with Gasteiger partial charge in [0.1, 0.15) is 0 Å². The monoisotopic (exact) mass is 436 g/mol. The second-order valence-electron chi connectivity index (χ2n) is 5.89. The van der Waals surface area contributed by atoms with Crippen molar-refractivity contribution >= 4 is 41.3 Å². The third-order valence-corrected chi connectivity index (χ3v) is 4.92. The van der Waals surface area contributed by atoms with Gasteiger partial charge in [-0.3, -0.25) is 4.99 Å². The second kappa shape index (κ2) is 10.4. The van der Waals surface area contributed by atoms with Crippen molar-refractivity contribution in [3.8, 4) is 0 Å². The Labute approximate surface area is 155 Å². The van der Waals surface area contributed by atoms with Crippen molar-refractivity contribution in [2.24, 2.45) is 10.9 Å². The van der Waals surface area contributed by atoms with Gasteiger partial charge in [-0.15, -0.1) is 35.3 Å². The van der Waals surface area contributed by atoms with Crippen LogP contribution in [0.3, 0.4) is 0 Å². The molecule has 1 aromatic rings. The van der Waals surface area contributed by atoms with E-state index in [9.17, 15) is 0 Å². The maximum Gasteiger partial charge on any atom is 0.193 e. The van der Waals surface area contributed by atoms with E-state index in [0.29, 0.717) is 0 Å². The first-order valence-electron chi connectivity index (χ1n) is 8.13. The third kappa shape index (κ3) is 6.40. The molecule has 0 aromatic carbocycles. The number of guanidine groups is 1. The topological polar surface area (TPSA) is 40.5 Å². The van der Waals surface area contributed by atoms with Gasteiger partial charge < -0.3 is 10.2 Å². The number of aromatic nitrogens is 1. The summed E-state index contributed by atoms with van der Waals surface area (Å²) in [5, 5.41) is 6.79. The molecule has 1 fully saturated rings. The molecule has 2 rings (SSSR count). The maximum atomic E-state index is 4.79. The number of nitrogens with zero attached hydrogens (tertiary/aromatic N) is 3. The zero-order valence-electron chi connectivity index (χ0n) is 14.0. The van der Waals surface area contributed by atoms with E-state index in [0.717, 1.165) is 56.6 Å². The smallest absolute Gasteiger partial charge is 0.193 e. The predicted molar refractivity (Wildman–Crippen MR) is 107 cm³/mol. The summed E-state index contributed by atoms with van der Waals surface area (Å²) in [6.45, 7) is 10.6. The van der Waals surface area contributed by atoms with Gasteiger partial charge in [0.15, 0.2) is 5.96 Å². The standard InChI is InChI=1S/C16H28N4S.HI/c1-4-17-16(20-10-7-13(2)8-11-20)18-9-5-6-15-19-14(3)12-21-15;/h12-13H,4-11H2,1-3H3,(H,17,18);1H. The number of hydrogen-bond acceptors (Lipinski definition) is 3. The van der Waals surface area contributed by atoms with E-state index in [2.05, 4.69) is 41.4 Å². The van der Waals surface area contributed by atoms with Crippen LogP contribution in [-0.2, 0) is 6.42 Å². The molecular formula is C16H29IN4S. The number of likely N-dealkylation sites (tertiary alicyclic amines) is 1. The van der Waals surface area contributed by atoms with E-state index < -0.39 is 0 Å². The summed E-state index contributed by atoms with van der Waals surface area (Å²) in [5.74, 6) is 1.96. The Morgan fingerprint density at radius 2 is 2.18 bits per heavy atom. The molecule has 1 aliphatic rings. The van der Waals surface area contributed by atoms with Gasteiger partial charge in [-0.2, -0.15) is 0 Å². The highest BCUT2D eigenvalue weighted by molar-refractivity contribution is 14.0. The highest BCUT2D eigenvalue weighted by atomic mass is 127. The minimum Gasteiger partial charge on any atom is -0.357 e. The lowest BCUT2D eigenvalue weighted by Crippen LogP contribution is -2.45. The van der Waals surface area contributed by atoms with Gasteiger partial charge in [-0.25, -0.2) is 4.98 Å². The number of thiazole rings is 1. The van der Waals surface area contributed by atoms with Gasteiger partial charge in [0.2, 0.25) is 0 Å². The Kier molecular flexibility index (Phi) is 9.31. The number of aliphatic imine (C=N–C) groups is 1. The number of nitrogens with one attached hydrogen (secondary N) is 1. The van der Waals surface area contributed by atoms with E-state index in [-0.39, 0.29) is 24.0 Å². The first-order chi connectivity index (χ1) is 10.2. The van der Waals surface area contributed by atoms with Crippen molar-refractivity contribution in [1.29, 1.82) is 0 Å².